The van der Waals surface area contributed by atoms with Crippen LogP contribution < -0.4 is 22.5 Å². The third-order valence-corrected chi connectivity index (χ3v) is 2.79. The topological polar surface area (TPSA) is 153 Å². The molecule has 2 atom stereocenters. The Morgan fingerprint density at radius 3 is 1.20 bits per heavy atom. The summed E-state index contributed by atoms with van der Waals surface area (Å²) in [6.45, 7) is 7.46. The molecule has 0 aliphatic carbocycles. The fourth-order valence-corrected chi connectivity index (χ4v) is 1.26. The van der Waals surface area contributed by atoms with Crippen molar-refractivity contribution in [3.63, 3.8) is 0 Å². The number of carboxylic acid groups (broad SMARTS) is 2. The van der Waals surface area contributed by atoms with E-state index in [0.29, 0.717) is 0 Å². The number of aliphatic carboxylic acids is 2. The van der Waals surface area contributed by atoms with Crippen LogP contribution in [0.3, 0.4) is 0 Å². The first kappa shape index (κ1) is 27.2. The van der Waals surface area contributed by atoms with Crippen LogP contribution in [0.4, 0.5) is 0 Å². The van der Waals surface area contributed by atoms with Crippen LogP contribution in [0.15, 0.2) is 0 Å². The molecule has 6 heteroatoms. The summed E-state index contributed by atoms with van der Waals surface area (Å²) < 4.78 is 0. The summed E-state index contributed by atoms with van der Waals surface area (Å²) in [6.07, 6.45) is 5.57. The molecule has 0 aliphatic rings. The van der Waals surface area contributed by atoms with E-state index in [9.17, 15) is 19.8 Å². The summed E-state index contributed by atoms with van der Waals surface area (Å²) in [5, 5.41) is 20.2. The smallest absolute Gasteiger partial charge is 0.0442 e. The lowest BCUT2D eigenvalue weighted by molar-refractivity contribution is -0.312. The second-order valence-corrected chi connectivity index (χ2v) is 4.72. The van der Waals surface area contributed by atoms with E-state index in [0.717, 1.165) is 38.5 Å². The maximum absolute atomic E-state index is 10.1. The average Bonchev–Trinajstić information content (AvgIpc) is 2.33. The Hall–Kier alpha value is -1.14. The second-order valence-electron chi connectivity index (χ2n) is 4.72. The summed E-state index contributed by atoms with van der Waals surface area (Å²) >= 11 is 0. The van der Waals surface area contributed by atoms with Gasteiger partial charge in [0.1, 0.15) is 0 Å². The van der Waals surface area contributed by atoms with Gasteiger partial charge in [-0.05, 0) is 24.7 Å². The number of unbranched alkanes of at least 4 members (excludes halogenated alkanes) is 2. The Bertz CT molecular complexity index is 211. The number of carbonyl (C=O) groups is 2. The highest BCUT2D eigenvalue weighted by Gasteiger charge is 2.00. The molecule has 0 aromatic carbocycles. The third-order valence-electron chi connectivity index (χ3n) is 2.79. The lowest BCUT2D eigenvalue weighted by Crippen LogP contribution is -2.29. The predicted molar refractivity (Wildman–Crippen MR) is 79.4 cm³/mol. The molecule has 0 fully saturated rings. The highest BCUT2D eigenvalue weighted by molar-refractivity contribution is 5.67. The normalized spacial score (nSPS) is 11.8. The molecule has 124 valence electrons. The molecule has 0 saturated carbocycles. The van der Waals surface area contributed by atoms with Crippen molar-refractivity contribution in [1.29, 1.82) is 0 Å². The Labute approximate surface area is 123 Å². The highest BCUT2D eigenvalue weighted by atomic mass is 16.4. The van der Waals surface area contributed by atoms with E-state index in [2.05, 4.69) is 0 Å². The second kappa shape index (κ2) is 17.9. The molecule has 0 radical (unpaired) electrons. The molecule has 0 aromatic heterocycles. The van der Waals surface area contributed by atoms with Crippen molar-refractivity contribution in [3.8, 4) is 0 Å². The minimum absolute atomic E-state index is 0. The first-order chi connectivity index (χ1) is 8.36. The van der Waals surface area contributed by atoms with Crippen LogP contribution in [0.2, 0.25) is 0 Å². The molecule has 0 aromatic rings. The van der Waals surface area contributed by atoms with Crippen molar-refractivity contribution in [3.05, 3.63) is 0 Å². The van der Waals surface area contributed by atoms with Gasteiger partial charge in [0, 0.05) is 11.9 Å². The highest BCUT2D eigenvalue weighted by Crippen LogP contribution is 2.05. The molecule has 0 aliphatic heterocycles. The van der Waals surface area contributed by atoms with E-state index in [1.807, 2.05) is 13.8 Å². The van der Waals surface area contributed by atoms with Gasteiger partial charge in [-0.3, -0.25) is 0 Å². The van der Waals surface area contributed by atoms with Crippen LogP contribution in [0.1, 0.15) is 66.2 Å². The van der Waals surface area contributed by atoms with Gasteiger partial charge in [-0.25, -0.2) is 0 Å². The molecule has 20 heavy (non-hydrogen) atoms. The Morgan fingerprint density at radius 1 is 0.800 bits per heavy atom. The first-order valence-electron chi connectivity index (χ1n) is 6.78. The van der Waals surface area contributed by atoms with Gasteiger partial charge in [0.2, 0.25) is 0 Å². The number of quaternary nitrogens is 2. The van der Waals surface area contributed by atoms with Crippen LogP contribution in [0.5, 0.6) is 0 Å². The fraction of sp³-hybridized carbons (Fsp3) is 0.857. The summed E-state index contributed by atoms with van der Waals surface area (Å²) in [4.78, 5) is 20.2. The van der Waals surface area contributed by atoms with Gasteiger partial charge < -0.3 is 32.1 Å². The van der Waals surface area contributed by atoms with Crippen LogP contribution in [-0.4, -0.2) is 11.9 Å². The van der Waals surface area contributed by atoms with Crippen molar-refractivity contribution in [2.24, 2.45) is 11.8 Å². The van der Waals surface area contributed by atoms with Crippen molar-refractivity contribution in [2.75, 3.05) is 0 Å². The van der Waals surface area contributed by atoms with Crippen LogP contribution in [-0.2, 0) is 9.59 Å². The molecule has 0 amide bonds. The fourth-order valence-electron chi connectivity index (χ4n) is 1.26. The molecule has 0 spiro atoms. The van der Waals surface area contributed by atoms with Crippen LogP contribution >= 0.6 is 0 Å². The largest absolute Gasteiger partial charge is 0.550 e. The molecule has 6 nitrogen and oxygen atoms in total. The monoisotopic (exact) mass is 294 g/mol. The van der Waals surface area contributed by atoms with Crippen molar-refractivity contribution < 1.29 is 19.8 Å². The number of hydrogen-bond donors (Lipinski definition) is 2. The van der Waals surface area contributed by atoms with Gasteiger partial charge in [0.15, 0.2) is 0 Å². The summed E-state index contributed by atoms with van der Waals surface area (Å²) in [7, 11) is 0. The maximum Gasteiger partial charge on any atom is 0.0442 e. The van der Waals surface area contributed by atoms with Gasteiger partial charge in [-0.2, -0.15) is 0 Å². The van der Waals surface area contributed by atoms with E-state index in [1.165, 1.54) is 0 Å². The Balaban J connectivity index is -0.000000116. The molecular formula is C14H34N2O4. The zero-order chi connectivity index (χ0) is 14.6. The van der Waals surface area contributed by atoms with Gasteiger partial charge >= 0.3 is 0 Å². The van der Waals surface area contributed by atoms with Gasteiger partial charge in [0.05, 0.1) is 0 Å². The molecule has 2 unspecified atom stereocenters. The summed E-state index contributed by atoms with van der Waals surface area (Å²) in [5.74, 6) is -2.40. The first-order valence-corrected chi connectivity index (χ1v) is 6.78. The van der Waals surface area contributed by atoms with Crippen LogP contribution in [0, 0.1) is 11.8 Å². The zero-order valence-electron chi connectivity index (χ0n) is 14.0. The Morgan fingerprint density at radius 2 is 1.05 bits per heavy atom. The predicted octanol–water partition coefficient (Wildman–Crippen LogP) is 1.88. The lowest BCUT2D eigenvalue weighted by atomic mass is 10.1. The van der Waals surface area contributed by atoms with E-state index < -0.39 is 11.9 Å². The van der Waals surface area contributed by atoms with Gasteiger partial charge in [-0.1, -0.05) is 53.4 Å². The minimum Gasteiger partial charge on any atom is -0.550 e. The number of rotatable bonds is 8. The van der Waals surface area contributed by atoms with E-state index >= 15 is 0 Å². The minimum atomic E-state index is -0.927. The van der Waals surface area contributed by atoms with E-state index in [4.69, 9.17) is 0 Å². The SMILES string of the molecule is CCCCC(C)C(=O)[O-].CCCCC(C)C(=O)[O-].[NH4+].[NH4+]. The van der Waals surface area contributed by atoms with Crippen molar-refractivity contribution in [1.82, 2.24) is 12.3 Å². The van der Waals surface area contributed by atoms with Crippen molar-refractivity contribution in [2.45, 2.75) is 66.2 Å². The number of carboxylic acids is 2. The quantitative estimate of drug-likeness (QED) is 0.701. The lowest BCUT2D eigenvalue weighted by Gasteiger charge is -2.10. The molecule has 0 heterocycles. The molecule has 0 bridgehead atoms. The van der Waals surface area contributed by atoms with E-state index in [-0.39, 0.29) is 24.1 Å². The molecule has 0 saturated heterocycles. The summed E-state index contributed by atoms with van der Waals surface area (Å²) in [6, 6.07) is 0. The zero-order valence-corrected chi connectivity index (χ0v) is 14.0. The molecule has 8 N–H and O–H groups in total. The van der Waals surface area contributed by atoms with Crippen molar-refractivity contribution >= 4 is 11.9 Å². The number of hydrogen-bond acceptors (Lipinski definition) is 4. The van der Waals surface area contributed by atoms with Crippen LogP contribution in [0.25, 0.3) is 0 Å². The third kappa shape index (κ3) is 19.2. The standard InChI is InChI=1S/2C7H14O2.2H3N/c2*1-3-4-5-6(2)7(8)9;;/h2*6H,3-5H2,1-2H3,(H,8,9);2*1H3. The molecular weight excluding hydrogens is 260 g/mol. The average molecular weight is 294 g/mol. The molecule has 0 rings (SSSR count). The van der Waals surface area contributed by atoms with Gasteiger partial charge in [0.25, 0.3) is 0 Å². The maximum atomic E-state index is 10.1. The van der Waals surface area contributed by atoms with Gasteiger partial charge in [-0.15, -0.1) is 0 Å². The number of carbonyl (C=O) groups excluding carboxylic acids is 2. The summed E-state index contributed by atoms with van der Waals surface area (Å²) in [5.41, 5.74) is 0. The van der Waals surface area contributed by atoms with E-state index in [1.54, 1.807) is 13.8 Å². The Kier molecular flexibility index (Phi) is 24.3.